The number of hydrogen-bond acceptors (Lipinski definition) is 1. The predicted molar refractivity (Wildman–Crippen MR) is 91.0 cm³/mol. The van der Waals surface area contributed by atoms with Crippen molar-refractivity contribution in [2.75, 3.05) is 0 Å². The van der Waals surface area contributed by atoms with Crippen LogP contribution in [0.4, 0.5) is 8.78 Å². The molecule has 0 aliphatic rings. The van der Waals surface area contributed by atoms with Gasteiger partial charge in [-0.15, -0.1) is 11.6 Å². The van der Waals surface area contributed by atoms with E-state index in [4.69, 9.17) is 11.6 Å². The number of alkyl halides is 1. The molecule has 0 atom stereocenters. The van der Waals surface area contributed by atoms with Crippen LogP contribution in [0.25, 0.3) is 16.7 Å². The highest BCUT2D eigenvalue weighted by Crippen LogP contribution is 2.28. The van der Waals surface area contributed by atoms with E-state index < -0.39 is 5.82 Å². The maximum atomic E-state index is 14.2. The quantitative estimate of drug-likeness (QED) is 0.352. The maximum absolute atomic E-state index is 14.2. The number of hydrogen-bond donors (Lipinski definition) is 0. The lowest BCUT2D eigenvalue weighted by molar-refractivity contribution is 0.614. The van der Waals surface area contributed by atoms with Crippen LogP contribution in [0.3, 0.4) is 0 Å². The van der Waals surface area contributed by atoms with Gasteiger partial charge in [-0.25, -0.2) is 13.8 Å². The van der Waals surface area contributed by atoms with Crippen LogP contribution in [0.1, 0.15) is 5.82 Å². The van der Waals surface area contributed by atoms with Gasteiger partial charge >= 0.3 is 0 Å². The normalized spacial score (nSPS) is 11.3. The molecule has 0 aliphatic heterocycles. The Kier molecular flexibility index (Phi) is 4.20. The lowest BCUT2D eigenvalue weighted by atomic mass is 10.2. The molecule has 2 aromatic carbocycles. The Bertz CT molecular complexity index is 851. The third-order valence-electron chi connectivity index (χ3n) is 3.04. The van der Waals surface area contributed by atoms with Crippen LogP contribution in [0.15, 0.2) is 34.8 Å². The minimum atomic E-state index is -0.436. The second kappa shape index (κ2) is 5.81. The van der Waals surface area contributed by atoms with E-state index in [1.165, 1.54) is 12.1 Å². The molecule has 21 heavy (non-hydrogen) atoms. The van der Waals surface area contributed by atoms with Crippen molar-refractivity contribution >= 4 is 61.2 Å². The van der Waals surface area contributed by atoms with Gasteiger partial charge in [0.15, 0.2) is 0 Å². The molecule has 1 aromatic heterocycles. The number of rotatable bonds is 2. The van der Waals surface area contributed by atoms with Crippen LogP contribution in [0.2, 0.25) is 0 Å². The summed E-state index contributed by atoms with van der Waals surface area (Å²) in [7, 11) is 0. The maximum Gasteiger partial charge on any atom is 0.148 e. The number of aromatic nitrogens is 2. The standard InChI is InChI=1S/C14H7BrClF2IN2/c15-7-1-2-12(9(18)3-7)21-13-4-8(17)10(19)5-11(13)20-14(21)6-16/h1-5H,6H2. The van der Waals surface area contributed by atoms with E-state index in [9.17, 15) is 8.78 Å². The Hall–Kier alpha value is -0.730. The SMILES string of the molecule is Fc1cc2c(cc1I)nc(CCl)n2-c1ccc(Br)cc1F. The zero-order chi connectivity index (χ0) is 15.1. The fourth-order valence-electron chi connectivity index (χ4n) is 2.14. The van der Waals surface area contributed by atoms with Gasteiger partial charge in [-0.3, -0.25) is 4.57 Å². The van der Waals surface area contributed by atoms with Gasteiger partial charge in [-0.2, -0.15) is 0 Å². The summed E-state index contributed by atoms with van der Waals surface area (Å²) in [4.78, 5) is 4.35. The first-order valence-corrected chi connectivity index (χ1v) is 8.29. The van der Waals surface area contributed by atoms with Gasteiger partial charge in [-0.05, 0) is 46.9 Å². The number of benzene rings is 2. The predicted octanol–water partition coefficient (Wildman–Crippen LogP) is 5.41. The van der Waals surface area contributed by atoms with Crippen LogP contribution in [-0.4, -0.2) is 9.55 Å². The van der Waals surface area contributed by atoms with Gasteiger partial charge in [0.2, 0.25) is 0 Å². The summed E-state index contributed by atoms with van der Waals surface area (Å²) in [5.41, 5.74) is 1.36. The topological polar surface area (TPSA) is 17.8 Å². The third kappa shape index (κ3) is 2.68. The highest BCUT2D eigenvalue weighted by molar-refractivity contribution is 14.1. The van der Waals surface area contributed by atoms with Gasteiger partial charge in [0, 0.05) is 10.5 Å². The van der Waals surface area contributed by atoms with Crippen LogP contribution in [-0.2, 0) is 5.88 Å². The summed E-state index contributed by atoms with van der Waals surface area (Å²) >= 11 is 11.0. The molecule has 0 unspecified atom stereocenters. The molecule has 2 nitrogen and oxygen atoms in total. The molecule has 0 saturated carbocycles. The van der Waals surface area contributed by atoms with E-state index in [1.807, 2.05) is 22.6 Å². The van der Waals surface area contributed by atoms with Crippen LogP contribution >= 0.6 is 50.1 Å². The molecule has 0 fully saturated rings. The lowest BCUT2D eigenvalue weighted by Gasteiger charge is -2.09. The second-order valence-corrected chi connectivity index (χ2v) is 6.69. The minimum Gasteiger partial charge on any atom is -0.292 e. The first-order valence-electron chi connectivity index (χ1n) is 5.89. The van der Waals surface area contributed by atoms with E-state index in [0.29, 0.717) is 24.9 Å². The Morgan fingerprint density at radius 2 is 1.95 bits per heavy atom. The van der Waals surface area contributed by atoms with E-state index in [1.54, 1.807) is 22.8 Å². The first kappa shape index (κ1) is 15.2. The van der Waals surface area contributed by atoms with Gasteiger partial charge in [-0.1, -0.05) is 15.9 Å². The number of nitrogens with zero attached hydrogens (tertiary/aromatic N) is 2. The molecule has 7 heteroatoms. The van der Waals surface area contributed by atoms with Crippen molar-refractivity contribution in [2.24, 2.45) is 0 Å². The van der Waals surface area contributed by atoms with E-state index in [0.717, 1.165) is 0 Å². The summed E-state index contributed by atoms with van der Waals surface area (Å²) in [6.45, 7) is 0. The summed E-state index contributed by atoms with van der Waals surface area (Å²) in [5.74, 6) is -0.242. The Morgan fingerprint density at radius 1 is 1.19 bits per heavy atom. The van der Waals surface area contributed by atoms with Crippen molar-refractivity contribution in [1.82, 2.24) is 9.55 Å². The Morgan fingerprint density at radius 3 is 2.62 bits per heavy atom. The number of imidazole rings is 1. The van der Waals surface area contributed by atoms with E-state index >= 15 is 0 Å². The molecule has 0 spiro atoms. The fraction of sp³-hybridized carbons (Fsp3) is 0.0714. The second-order valence-electron chi connectivity index (χ2n) is 4.35. The van der Waals surface area contributed by atoms with E-state index in [2.05, 4.69) is 20.9 Å². The average Bonchev–Trinajstić information content (AvgIpc) is 2.77. The molecule has 0 bridgehead atoms. The largest absolute Gasteiger partial charge is 0.292 e. The monoisotopic (exact) mass is 482 g/mol. The molecule has 0 aliphatic carbocycles. The summed E-state index contributed by atoms with van der Waals surface area (Å²) in [6, 6.07) is 7.64. The summed E-state index contributed by atoms with van der Waals surface area (Å²) in [5, 5.41) is 0. The Labute approximate surface area is 146 Å². The number of fused-ring (bicyclic) bond motifs is 1. The lowest BCUT2D eigenvalue weighted by Crippen LogP contribution is -2.02. The molecule has 108 valence electrons. The highest BCUT2D eigenvalue weighted by Gasteiger charge is 2.17. The van der Waals surface area contributed by atoms with Crippen LogP contribution in [0, 0.1) is 15.2 Å². The smallest absolute Gasteiger partial charge is 0.148 e. The molecule has 0 amide bonds. The Balaban J connectivity index is 2.37. The van der Waals surface area contributed by atoms with Crippen molar-refractivity contribution < 1.29 is 8.78 Å². The molecular formula is C14H7BrClF2IN2. The molecule has 0 saturated heterocycles. The van der Waals surface area contributed by atoms with Crippen LogP contribution in [0.5, 0.6) is 0 Å². The van der Waals surface area contributed by atoms with Gasteiger partial charge in [0.05, 0.1) is 26.2 Å². The minimum absolute atomic E-state index is 0.0996. The van der Waals surface area contributed by atoms with Crippen molar-refractivity contribution in [3.8, 4) is 5.69 Å². The molecule has 0 radical (unpaired) electrons. The third-order valence-corrected chi connectivity index (χ3v) is 4.60. The van der Waals surface area contributed by atoms with Gasteiger partial charge in [0.1, 0.15) is 17.5 Å². The summed E-state index contributed by atoms with van der Waals surface area (Å²) < 4.78 is 30.7. The zero-order valence-corrected chi connectivity index (χ0v) is 14.9. The van der Waals surface area contributed by atoms with Crippen molar-refractivity contribution in [1.29, 1.82) is 0 Å². The summed E-state index contributed by atoms with van der Waals surface area (Å²) in [6.07, 6.45) is 0. The fourth-order valence-corrected chi connectivity index (χ4v) is 3.11. The molecular weight excluding hydrogens is 476 g/mol. The van der Waals surface area contributed by atoms with Crippen molar-refractivity contribution in [3.05, 3.63) is 55.8 Å². The molecule has 3 rings (SSSR count). The average molecular weight is 483 g/mol. The molecule has 1 heterocycles. The first-order chi connectivity index (χ1) is 10.0. The number of halogens is 5. The van der Waals surface area contributed by atoms with Gasteiger partial charge < -0.3 is 0 Å². The van der Waals surface area contributed by atoms with Crippen molar-refractivity contribution in [3.63, 3.8) is 0 Å². The highest BCUT2D eigenvalue weighted by atomic mass is 127. The molecule has 0 N–H and O–H groups in total. The van der Waals surface area contributed by atoms with Gasteiger partial charge in [0.25, 0.3) is 0 Å². The molecule has 3 aromatic rings. The van der Waals surface area contributed by atoms with E-state index in [-0.39, 0.29) is 17.4 Å². The zero-order valence-electron chi connectivity index (χ0n) is 10.4. The van der Waals surface area contributed by atoms with Crippen molar-refractivity contribution in [2.45, 2.75) is 5.88 Å². The van der Waals surface area contributed by atoms with Crippen LogP contribution < -0.4 is 0 Å².